The van der Waals surface area contributed by atoms with Crippen LogP contribution in [0.1, 0.15) is 44.9 Å². The maximum atomic E-state index is 12.7. The lowest BCUT2D eigenvalue weighted by Crippen LogP contribution is -2.39. The molecule has 1 saturated heterocycles. The summed E-state index contributed by atoms with van der Waals surface area (Å²) in [5, 5.41) is -0.217. The normalized spacial score (nSPS) is 34.2. The van der Waals surface area contributed by atoms with Gasteiger partial charge < -0.3 is 4.79 Å². The van der Waals surface area contributed by atoms with Gasteiger partial charge in [0.2, 0.25) is 0 Å². The molecule has 4 nitrogen and oxygen atoms in total. The summed E-state index contributed by atoms with van der Waals surface area (Å²) >= 11 is 0. The average Bonchev–Trinajstić information content (AvgIpc) is 2.91. The number of aldehydes is 1. The molecule has 0 aromatic heterocycles. The van der Waals surface area contributed by atoms with E-state index in [1.807, 2.05) is 0 Å². The third-order valence-electron chi connectivity index (χ3n) is 4.56. The van der Waals surface area contributed by atoms with Crippen molar-refractivity contribution < 1.29 is 30.0 Å². The summed E-state index contributed by atoms with van der Waals surface area (Å²) in [6.07, 6.45) is 6.41. The number of carbonyl (C=O) groups is 1. The van der Waals surface area contributed by atoms with Crippen LogP contribution in [0.2, 0.25) is 0 Å². The van der Waals surface area contributed by atoms with E-state index in [0.29, 0.717) is 19.1 Å². The number of hydrogen-bond donors (Lipinski definition) is 0. The monoisotopic (exact) mass is 362 g/mol. The maximum Gasteiger partial charge on any atom is 0.523 e. The highest BCUT2D eigenvalue weighted by molar-refractivity contribution is 8.33. The van der Waals surface area contributed by atoms with Gasteiger partial charge in [-0.15, -0.1) is 10.3 Å². The van der Waals surface area contributed by atoms with Crippen LogP contribution >= 0.6 is 10.3 Å². The fourth-order valence-electron chi connectivity index (χ4n) is 3.63. The summed E-state index contributed by atoms with van der Waals surface area (Å²) < 4.78 is 66.0. The number of rotatable bonds is 5. The van der Waals surface area contributed by atoms with Crippen molar-refractivity contribution >= 4 is 26.7 Å². The van der Waals surface area contributed by atoms with Gasteiger partial charge in [0.05, 0.1) is 5.75 Å². The van der Waals surface area contributed by atoms with Crippen molar-refractivity contribution in [3.63, 3.8) is 0 Å². The van der Waals surface area contributed by atoms with Gasteiger partial charge in [0.1, 0.15) is 6.29 Å². The van der Waals surface area contributed by atoms with E-state index in [1.165, 1.54) is 0 Å². The first-order chi connectivity index (χ1) is 10.2. The minimum atomic E-state index is -5.66. The highest BCUT2D eigenvalue weighted by Gasteiger charge is 2.53. The second kappa shape index (κ2) is 6.68. The molecule has 0 spiro atoms. The van der Waals surface area contributed by atoms with Gasteiger partial charge >= 0.3 is 15.6 Å². The molecule has 0 aromatic carbocycles. The van der Waals surface area contributed by atoms with Gasteiger partial charge in [0, 0.05) is 11.0 Å². The van der Waals surface area contributed by atoms with Crippen molar-refractivity contribution in [1.29, 1.82) is 0 Å². The summed E-state index contributed by atoms with van der Waals surface area (Å²) in [5.74, 6) is 0.227. The highest BCUT2D eigenvalue weighted by atomic mass is 32.3. The molecule has 9 heteroatoms. The molecule has 0 bridgehead atoms. The fraction of sp³-hybridized carbons (Fsp3) is 0.923. The fourth-order valence-corrected chi connectivity index (χ4v) is 9.47. The van der Waals surface area contributed by atoms with E-state index in [1.54, 1.807) is 0 Å². The minimum absolute atomic E-state index is 0.179. The predicted molar refractivity (Wildman–Crippen MR) is 79.0 cm³/mol. The SMILES string of the molecule is O=CCS1(OS(=O)(=O)C(F)(F)F)CCCCC1C1CCCC1. The van der Waals surface area contributed by atoms with Gasteiger partial charge in [0.15, 0.2) is 0 Å². The van der Waals surface area contributed by atoms with Crippen LogP contribution in [0.15, 0.2) is 0 Å². The zero-order valence-corrected chi connectivity index (χ0v) is 13.8. The molecule has 130 valence electrons. The molecule has 2 aliphatic rings. The van der Waals surface area contributed by atoms with Gasteiger partial charge in [-0.25, -0.2) is 3.63 Å². The van der Waals surface area contributed by atoms with Crippen LogP contribution in [-0.2, 0) is 18.5 Å². The first-order valence-electron chi connectivity index (χ1n) is 7.45. The Hall–Kier alpha value is -0.280. The van der Waals surface area contributed by atoms with Crippen LogP contribution < -0.4 is 0 Å². The van der Waals surface area contributed by atoms with Crippen LogP contribution in [0.4, 0.5) is 13.2 Å². The summed E-state index contributed by atoms with van der Waals surface area (Å²) in [6.45, 7) is 0. The predicted octanol–water partition coefficient (Wildman–Crippen LogP) is 3.51. The smallest absolute Gasteiger partial charge is 0.302 e. The van der Waals surface area contributed by atoms with Crippen molar-refractivity contribution in [1.82, 2.24) is 0 Å². The molecular formula is C13H21F3O4S2. The van der Waals surface area contributed by atoms with E-state index in [4.69, 9.17) is 3.63 Å². The molecule has 2 rings (SSSR count). The summed E-state index contributed by atoms with van der Waals surface area (Å²) in [7, 11) is -8.25. The zero-order valence-electron chi connectivity index (χ0n) is 12.2. The van der Waals surface area contributed by atoms with Crippen LogP contribution in [0.3, 0.4) is 0 Å². The van der Waals surface area contributed by atoms with E-state index in [2.05, 4.69) is 0 Å². The Bertz CT molecular complexity index is 500. The topological polar surface area (TPSA) is 60.4 Å². The van der Waals surface area contributed by atoms with Crippen LogP contribution in [0, 0.1) is 5.92 Å². The molecule has 0 aromatic rings. The Morgan fingerprint density at radius 2 is 1.68 bits per heavy atom. The molecule has 2 unspecified atom stereocenters. The second-order valence-corrected chi connectivity index (χ2v) is 11.0. The molecule has 0 N–H and O–H groups in total. The largest absolute Gasteiger partial charge is 0.523 e. The van der Waals surface area contributed by atoms with Crippen LogP contribution in [-0.4, -0.2) is 37.0 Å². The first kappa shape index (κ1) is 18.1. The highest BCUT2D eigenvalue weighted by Crippen LogP contribution is 2.63. The molecular weight excluding hydrogens is 341 g/mol. The van der Waals surface area contributed by atoms with Gasteiger partial charge in [-0.2, -0.15) is 21.6 Å². The average molecular weight is 362 g/mol. The van der Waals surface area contributed by atoms with E-state index in [0.717, 1.165) is 32.1 Å². The molecule has 1 aliphatic carbocycles. The lowest BCUT2D eigenvalue weighted by atomic mass is 9.99. The molecule has 1 aliphatic heterocycles. The second-order valence-electron chi connectivity index (χ2n) is 5.95. The number of halogens is 3. The van der Waals surface area contributed by atoms with E-state index < -0.39 is 25.9 Å². The molecule has 1 saturated carbocycles. The summed E-state index contributed by atoms with van der Waals surface area (Å²) in [6, 6.07) is 0. The molecule has 2 fully saturated rings. The molecule has 22 heavy (non-hydrogen) atoms. The Morgan fingerprint density at radius 3 is 2.23 bits per heavy atom. The van der Waals surface area contributed by atoms with Gasteiger partial charge in [-0.1, -0.05) is 19.3 Å². The Balaban J connectivity index is 2.33. The van der Waals surface area contributed by atoms with Gasteiger partial charge in [-0.05, 0) is 31.6 Å². The van der Waals surface area contributed by atoms with Crippen molar-refractivity contribution in [3.8, 4) is 0 Å². The van der Waals surface area contributed by atoms with Gasteiger partial charge in [-0.3, -0.25) is 0 Å². The summed E-state index contributed by atoms with van der Waals surface area (Å²) in [5.41, 5.74) is -5.44. The summed E-state index contributed by atoms with van der Waals surface area (Å²) in [4.78, 5) is 11.0. The van der Waals surface area contributed by atoms with E-state index >= 15 is 0 Å². The zero-order chi connectivity index (χ0) is 16.4. The molecule has 1 heterocycles. The first-order valence-corrected chi connectivity index (χ1v) is 10.8. The number of hydrogen-bond acceptors (Lipinski definition) is 4. The molecule has 0 amide bonds. The van der Waals surface area contributed by atoms with Crippen molar-refractivity contribution in [2.45, 2.75) is 55.7 Å². The van der Waals surface area contributed by atoms with Gasteiger partial charge in [0.25, 0.3) is 0 Å². The Morgan fingerprint density at radius 1 is 1.09 bits per heavy atom. The third-order valence-corrected chi connectivity index (χ3v) is 10.3. The van der Waals surface area contributed by atoms with Crippen molar-refractivity contribution in [3.05, 3.63) is 0 Å². The van der Waals surface area contributed by atoms with Crippen molar-refractivity contribution in [2.75, 3.05) is 11.5 Å². The van der Waals surface area contributed by atoms with Crippen molar-refractivity contribution in [2.24, 2.45) is 5.92 Å². The lowest BCUT2D eigenvalue weighted by Gasteiger charge is -2.49. The maximum absolute atomic E-state index is 12.7. The standard InChI is InChI=1S/C13H21F3O4S2/c14-13(15,16)22(18,19)20-21(10-8-17)9-4-3-7-12(21)11-5-1-2-6-11/h8,11-12H,1-7,9-10H2. The van der Waals surface area contributed by atoms with E-state index in [-0.39, 0.29) is 22.7 Å². The van der Waals surface area contributed by atoms with Crippen LogP contribution in [0.25, 0.3) is 0 Å². The Kier molecular flexibility index (Phi) is 5.49. The van der Waals surface area contributed by atoms with E-state index in [9.17, 15) is 26.4 Å². The number of alkyl halides is 3. The third kappa shape index (κ3) is 3.62. The quantitative estimate of drug-likeness (QED) is 0.555. The lowest BCUT2D eigenvalue weighted by molar-refractivity contribution is -0.105. The Labute approximate surface area is 130 Å². The minimum Gasteiger partial charge on any atom is -0.302 e. The van der Waals surface area contributed by atoms with Crippen LogP contribution in [0.5, 0.6) is 0 Å². The molecule has 0 radical (unpaired) electrons. The molecule has 2 atom stereocenters. The number of carbonyl (C=O) groups excluding carboxylic acids is 1.